The van der Waals surface area contributed by atoms with Gasteiger partial charge in [0, 0.05) is 16.8 Å². The second kappa shape index (κ2) is 10.3. The van der Waals surface area contributed by atoms with E-state index in [-0.39, 0.29) is 22.8 Å². The molecule has 31 heavy (non-hydrogen) atoms. The molecule has 0 unspecified atom stereocenters. The van der Waals surface area contributed by atoms with Crippen molar-refractivity contribution in [3.8, 4) is 0 Å². The molecule has 5 heteroatoms. The number of esters is 1. The fourth-order valence-electron chi connectivity index (χ4n) is 3.26. The maximum atomic E-state index is 12.8. The number of amides is 1. The van der Waals surface area contributed by atoms with E-state index in [0.717, 1.165) is 12.0 Å². The number of ketones is 1. The molecule has 0 saturated heterocycles. The van der Waals surface area contributed by atoms with Crippen LogP contribution in [0.5, 0.6) is 0 Å². The first-order chi connectivity index (χ1) is 15.0. The van der Waals surface area contributed by atoms with Crippen LogP contribution < -0.4 is 5.32 Å². The van der Waals surface area contributed by atoms with Crippen LogP contribution in [-0.2, 0) is 9.53 Å². The number of rotatable bonds is 8. The predicted octanol–water partition coefficient (Wildman–Crippen LogP) is 5.23. The average molecular weight is 415 g/mol. The largest absolute Gasteiger partial charge is 0.452 e. The van der Waals surface area contributed by atoms with Crippen molar-refractivity contribution >= 4 is 23.3 Å². The van der Waals surface area contributed by atoms with Gasteiger partial charge in [0.1, 0.15) is 0 Å². The Bertz CT molecular complexity index is 1080. The van der Waals surface area contributed by atoms with Crippen LogP contribution in [0, 0.1) is 0 Å². The van der Waals surface area contributed by atoms with Gasteiger partial charge in [0.25, 0.3) is 5.91 Å². The number of hydrogen-bond donors (Lipinski definition) is 1. The van der Waals surface area contributed by atoms with E-state index in [1.165, 1.54) is 6.07 Å². The minimum absolute atomic E-state index is 0.129. The van der Waals surface area contributed by atoms with Crippen molar-refractivity contribution in [3.05, 3.63) is 101 Å². The molecular formula is C26H25NO4. The Labute approximate surface area is 182 Å². The van der Waals surface area contributed by atoms with E-state index in [1.54, 1.807) is 42.5 Å². The van der Waals surface area contributed by atoms with Crippen LogP contribution in [0.4, 0.5) is 5.69 Å². The lowest BCUT2D eigenvalue weighted by atomic mass is 9.97. The minimum atomic E-state index is -0.717. The van der Waals surface area contributed by atoms with Gasteiger partial charge in [0.15, 0.2) is 12.4 Å². The molecule has 1 atom stereocenters. The van der Waals surface area contributed by atoms with E-state index in [2.05, 4.69) is 19.2 Å². The van der Waals surface area contributed by atoms with Crippen molar-refractivity contribution in [1.82, 2.24) is 0 Å². The molecule has 3 rings (SSSR count). The third-order valence-electron chi connectivity index (χ3n) is 5.14. The summed E-state index contributed by atoms with van der Waals surface area (Å²) in [5.41, 5.74) is 2.58. The van der Waals surface area contributed by atoms with Crippen molar-refractivity contribution in [2.45, 2.75) is 26.2 Å². The predicted molar refractivity (Wildman–Crippen MR) is 120 cm³/mol. The summed E-state index contributed by atoms with van der Waals surface area (Å²) in [6.45, 7) is 3.73. The highest BCUT2D eigenvalue weighted by atomic mass is 16.5. The Morgan fingerprint density at radius 3 is 2.16 bits per heavy atom. The molecule has 0 aliphatic carbocycles. The molecule has 5 nitrogen and oxygen atoms in total. The van der Waals surface area contributed by atoms with Crippen molar-refractivity contribution in [2.24, 2.45) is 0 Å². The highest BCUT2D eigenvalue weighted by Gasteiger charge is 2.20. The highest BCUT2D eigenvalue weighted by molar-refractivity contribution is 6.14. The molecule has 158 valence electrons. The molecule has 1 N–H and O–H groups in total. The van der Waals surface area contributed by atoms with Gasteiger partial charge >= 0.3 is 5.97 Å². The van der Waals surface area contributed by atoms with Crippen LogP contribution in [-0.4, -0.2) is 24.3 Å². The smallest absolute Gasteiger partial charge is 0.339 e. The number of hydrogen-bond acceptors (Lipinski definition) is 4. The Kier molecular flexibility index (Phi) is 7.33. The quantitative estimate of drug-likeness (QED) is 0.404. The topological polar surface area (TPSA) is 72.5 Å². The number of nitrogens with one attached hydrogen (secondary N) is 1. The Morgan fingerprint density at radius 1 is 0.839 bits per heavy atom. The van der Waals surface area contributed by atoms with E-state index in [1.807, 2.05) is 30.3 Å². The summed E-state index contributed by atoms with van der Waals surface area (Å²) in [5.74, 6) is -1.14. The Morgan fingerprint density at radius 2 is 1.45 bits per heavy atom. The first-order valence-electron chi connectivity index (χ1n) is 10.3. The van der Waals surface area contributed by atoms with E-state index in [4.69, 9.17) is 4.74 Å². The van der Waals surface area contributed by atoms with Crippen molar-refractivity contribution < 1.29 is 19.1 Å². The molecule has 0 aliphatic heterocycles. The maximum absolute atomic E-state index is 12.8. The van der Waals surface area contributed by atoms with Gasteiger partial charge in [-0.25, -0.2) is 4.79 Å². The summed E-state index contributed by atoms with van der Waals surface area (Å²) < 4.78 is 5.21. The van der Waals surface area contributed by atoms with Gasteiger partial charge < -0.3 is 10.1 Å². The summed E-state index contributed by atoms with van der Waals surface area (Å²) in [7, 11) is 0. The van der Waals surface area contributed by atoms with E-state index in [9.17, 15) is 14.4 Å². The van der Waals surface area contributed by atoms with Crippen molar-refractivity contribution in [1.29, 1.82) is 0 Å². The zero-order chi connectivity index (χ0) is 22.2. The molecule has 0 aliphatic rings. The normalized spacial score (nSPS) is 11.4. The van der Waals surface area contributed by atoms with E-state index >= 15 is 0 Å². The highest BCUT2D eigenvalue weighted by Crippen LogP contribution is 2.26. The molecule has 0 heterocycles. The fourth-order valence-corrected chi connectivity index (χ4v) is 3.26. The molecule has 3 aromatic carbocycles. The van der Waals surface area contributed by atoms with Gasteiger partial charge in [-0.3, -0.25) is 9.59 Å². The van der Waals surface area contributed by atoms with Crippen molar-refractivity contribution in [3.63, 3.8) is 0 Å². The van der Waals surface area contributed by atoms with Gasteiger partial charge in [-0.1, -0.05) is 80.6 Å². The number of benzene rings is 3. The monoisotopic (exact) mass is 415 g/mol. The van der Waals surface area contributed by atoms with Crippen molar-refractivity contribution in [2.75, 3.05) is 11.9 Å². The average Bonchev–Trinajstić information content (AvgIpc) is 2.82. The molecule has 1 amide bonds. The summed E-state index contributed by atoms with van der Waals surface area (Å²) in [5, 5.41) is 2.81. The van der Waals surface area contributed by atoms with Crippen LogP contribution in [0.2, 0.25) is 0 Å². The lowest BCUT2D eigenvalue weighted by Gasteiger charge is -2.15. The summed E-state index contributed by atoms with van der Waals surface area (Å²) in [4.78, 5) is 37.8. The van der Waals surface area contributed by atoms with Crippen LogP contribution in [0.3, 0.4) is 0 Å². The fraction of sp³-hybridized carbons (Fsp3) is 0.192. The standard InChI is InChI=1S/C26H25NO4/c1-3-18(2)20-13-9-10-16-23(20)27-24(28)17-31-26(30)22-15-8-7-14-21(22)25(29)19-11-5-4-6-12-19/h4-16,18H,3,17H2,1-2H3,(H,27,28)/t18-/m1/s1. The molecule has 0 bridgehead atoms. The molecule has 0 aromatic heterocycles. The van der Waals surface area contributed by atoms with Crippen LogP contribution >= 0.6 is 0 Å². The van der Waals surface area contributed by atoms with Gasteiger partial charge in [-0.2, -0.15) is 0 Å². The number of anilines is 1. The molecule has 0 saturated carbocycles. The van der Waals surface area contributed by atoms with Gasteiger partial charge in [0.05, 0.1) is 5.56 Å². The summed E-state index contributed by atoms with van der Waals surface area (Å²) in [6.07, 6.45) is 0.939. The first-order valence-corrected chi connectivity index (χ1v) is 10.3. The zero-order valence-corrected chi connectivity index (χ0v) is 17.6. The number of carbonyl (C=O) groups is 3. The van der Waals surface area contributed by atoms with Crippen LogP contribution in [0.25, 0.3) is 0 Å². The van der Waals surface area contributed by atoms with E-state index < -0.39 is 18.5 Å². The molecule has 0 spiro atoms. The van der Waals surface area contributed by atoms with Crippen LogP contribution in [0.15, 0.2) is 78.9 Å². The van der Waals surface area contributed by atoms with Gasteiger partial charge in [-0.05, 0) is 30.0 Å². The number of para-hydroxylation sites is 1. The minimum Gasteiger partial charge on any atom is -0.452 e. The van der Waals surface area contributed by atoms with Gasteiger partial charge in [0.2, 0.25) is 0 Å². The second-order valence-corrected chi connectivity index (χ2v) is 7.26. The summed E-state index contributed by atoms with van der Waals surface area (Å²) in [6, 6.07) is 22.7. The number of carbonyl (C=O) groups excluding carboxylic acids is 3. The third-order valence-corrected chi connectivity index (χ3v) is 5.14. The molecule has 0 radical (unpaired) electrons. The lowest BCUT2D eigenvalue weighted by Crippen LogP contribution is -2.22. The van der Waals surface area contributed by atoms with Crippen LogP contribution in [0.1, 0.15) is 58.0 Å². The molecule has 3 aromatic rings. The SMILES string of the molecule is CC[C@@H](C)c1ccccc1NC(=O)COC(=O)c1ccccc1C(=O)c1ccccc1. The zero-order valence-electron chi connectivity index (χ0n) is 17.6. The molecular weight excluding hydrogens is 390 g/mol. The first kappa shape index (κ1) is 22.0. The second-order valence-electron chi connectivity index (χ2n) is 7.26. The third kappa shape index (κ3) is 5.45. The summed E-state index contributed by atoms with van der Waals surface area (Å²) >= 11 is 0. The maximum Gasteiger partial charge on any atom is 0.339 e. The lowest BCUT2D eigenvalue weighted by molar-refractivity contribution is -0.119. The number of ether oxygens (including phenoxy) is 1. The Hall–Kier alpha value is -3.73. The van der Waals surface area contributed by atoms with Gasteiger partial charge in [-0.15, -0.1) is 0 Å². The van der Waals surface area contributed by atoms with E-state index in [0.29, 0.717) is 11.3 Å². The molecule has 0 fully saturated rings. The Balaban J connectivity index is 1.68.